The molecule has 0 bridgehead atoms. The van der Waals surface area contributed by atoms with Crippen molar-refractivity contribution in [2.45, 2.75) is 6.54 Å². The van der Waals surface area contributed by atoms with E-state index in [2.05, 4.69) is 10.4 Å². The summed E-state index contributed by atoms with van der Waals surface area (Å²) in [6.45, 7) is 0.426. The number of amides is 1. The average Bonchev–Trinajstić information content (AvgIpc) is 3.14. The summed E-state index contributed by atoms with van der Waals surface area (Å²) >= 11 is 0. The number of ether oxygens (including phenoxy) is 1. The van der Waals surface area contributed by atoms with Crippen LogP contribution >= 0.6 is 0 Å². The lowest BCUT2D eigenvalue weighted by Crippen LogP contribution is -2.12. The van der Waals surface area contributed by atoms with Crippen LogP contribution in [0.2, 0.25) is 0 Å². The number of anilines is 1. The molecule has 0 atom stereocenters. The Kier molecular flexibility index (Phi) is 5.49. The lowest BCUT2D eigenvalue weighted by atomic mass is 10.1. The molecule has 0 aliphatic rings. The van der Waals surface area contributed by atoms with E-state index in [1.807, 2.05) is 24.3 Å². The monoisotopic (exact) mass is 397 g/mol. The highest BCUT2D eigenvalue weighted by molar-refractivity contribution is 6.05. The van der Waals surface area contributed by atoms with Gasteiger partial charge in [-0.3, -0.25) is 29.7 Å². The molecule has 3 aromatic rings. The number of hydrogen-bond donors (Lipinski definition) is 1. The molecule has 3 rings (SSSR count). The fourth-order valence-corrected chi connectivity index (χ4v) is 2.61. The van der Waals surface area contributed by atoms with Gasteiger partial charge in [-0.25, -0.2) is 0 Å². The summed E-state index contributed by atoms with van der Waals surface area (Å²) in [6, 6.07) is 10.1. The highest BCUT2D eigenvalue weighted by atomic mass is 16.6. The van der Waals surface area contributed by atoms with Crippen molar-refractivity contribution in [3.8, 4) is 5.75 Å². The minimum absolute atomic E-state index is 0.202. The first kappa shape index (κ1) is 19.5. The van der Waals surface area contributed by atoms with Gasteiger partial charge in [0.05, 0.1) is 47.0 Å². The lowest BCUT2D eigenvalue weighted by molar-refractivity contribution is -0.394. The summed E-state index contributed by atoms with van der Waals surface area (Å²) in [6.07, 6.45) is 2.98. The first-order valence-corrected chi connectivity index (χ1v) is 8.26. The topological polar surface area (TPSA) is 142 Å². The van der Waals surface area contributed by atoms with Crippen LogP contribution in [0.1, 0.15) is 15.9 Å². The van der Waals surface area contributed by atoms with Crippen LogP contribution in [-0.2, 0) is 6.54 Å². The maximum atomic E-state index is 12.4. The number of nitrogens with one attached hydrogen (secondary N) is 1. The van der Waals surface area contributed by atoms with Crippen molar-refractivity contribution >= 4 is 23.0 Å². The smallest absolute Gasteiger partial charge is 0.277 e. The number of benzene rings is 2. The molecule has 1 heterocycles. The molecule has 148 valence electrons. The Morgan fingerprint density at radius 2 is 1.83 bits per heavy atom. The van der Waals surface area contributed by atoms with Crippen molar-refractivity contribution in [3.05, 3.63) is 86.2 Å². The van der Waals surface area contributed by atoms with Crippen LogP contribution in [0.3, 0.4) is 0 Å². The van der Waals surface area contributed by atoms with E-state index in [-0.39, 0.29) is 5.56 Å². The normalized spacial score (nSPS) is 10.4. The van der Waals surface area contributed by atoms with Gasteiger partial charge in [0.1, 0.15) is 5.75 Å². The quantitative estimate of drug-likeness (QED) is 0.477. The minimum Gasteiger partial charge on any atom is -0.497 e. The van der Waals surface area contributed by atoms with Crippen LogP contribution in [0.25, 0.3) is 0 Å². The molecule has 0 unspecified atom stereocenters. The summed E-state index contributed by atoms with van der Waals surface area (Å²) in [7, 11) is 1.57. The lowest BCUT2D eigenvalue weighted by Gasteiger charge is -2.05. The molecular weight excluding hydrogens is 382 g/mol. The summed E-state index contributed by atoms with van der Waals surface area (Å²) < 4.78 is 6.75. The zero-order valence-corrected chi connectivity index (χ0v) is 15.1. The van der Waals surface area contributed by atoms with Crippen molar-refractivity contribution in [2.24, 2.45) is 0 Å². The third kappa shape index (κ3) is 4.71. The number of carbonyl (C=O) groups is 1. The van der Waals surface area contributed by atoms with Crippen molar-refractivity contribution < 1.29 is 19.4 Å². The standard InChI is InChI=1S/C18H15N5O6/c1-29-17-4-2-3-12(5-17)10-21-11-14(9-19-21)20-18(24)13-6-15(22(25)26)8-16(7-13)23(27)28/h2-9,11H,10H2,1H3,(H,20,24). The highest BCUT2D eigenvalue weighted by Gasteiger charge is 2.20. The molecule has 0 fully saturated rings. The molecule has 0 saturated carbocycles. The maximum Gasteiger partial charge on any atom is 0.277 e. The largest absolute Gasteiger partial charge is 0.497 e. The minimum atomic E-state index is -0.796. The Morgan fingerprint density at radius 3 is 2.45 bits per heavy atom. The Morgan fingerprint density at radius 1 is 1.14 bits per heavy atom. The van der Waals surface area contributed by atoms with E-state index in [1.54, 1.807) is 18.0 Å². The molecule has 1 amide bonds. The average molecular weight is 397 g/mol. The van der Waals surface area contributed by atoms with Gasteiger partial charge in [-0.05, 0) is 17.7 Å². The van der Waals surface area contributed by atoms with E-state index in [0.29, 0.717) is 18.0 Å². The van der Waals surface area contributed by atoms with Gasteiger partial charge in [-0.1, -0.05) is 12.1 Å². The second-order valence-electron chi connectivity index (χ2n) is 5.98. The van der Waals surface area contributed by atoms with Gasteiger partial charge in [0.2, 0.25) is 0 Å². The van der Waals surface area contributed by atoms with Gasteiger partial charge < -0.3 is 10.1 Å². The number of rotatable bonds is 7. The van der Waals surface area contributed by atoms with E-state index in [0.717, 1.165) is 23.8 Å². The van der Waals surface area contributed by atoms with E-state index in [9.17, 15) is 25.0 Å². The first-order valence-electron chi connectivity index (χ1n) is 8.26. The van der Waals surface area contributed by atoms with Crippen LogP contribution in [0, 0.1) is 20.2 Å². The zero-order chi connectivity index (χ0) is 21.0. The second-order valence-corrected chi connectivity index (χ2v) is 5.98. The van der Waals surface area contributed by atoms with Crippen molar-refractivity contribution in [1.29, 1.82) is 0 Å². The number of nitrogens with zero attached hydrogens (tertiary/aromatic N) is 4. The first-order chi connectivity index (χ1) is 13.9. The summed E-state index contributed by atoms with van der Waals surface area (Å²) in [5.41, 5.74) is -0.0192. The molecule has 0 radical (unpaired) electrons. The Labute approximate surface area is 163 Å². The molecule has 0 aliphatic heterocycles. The number of methoxy groups -OCH3 is 1. The third-order valence-corrected chi connectivity index (χ3v) is 3.96. The molecular formula is C18H15N5O6. The van der Waals surface area contributed by atoms with Gasteiger partial charge in [-0.2, -0.15) is 5.10 Å². The maximum absolute atomic E-state index is 12.4. The summed E-state index contributed by atoms with van der Waals surface area (Å²) in [5, 5.41) is 28.6. The molecule has 29 heavy (non-hydrogen) atoms. The molecule has 1 aromatic heterocycles. The molecule has 11 heteroatoms. The molecule has 0 aliphatic carbocycles. The Hall–Kier alpha value is -4.28. The molecule has 2 aromatic carbocycles. The SMILES string of the molecule is COc1cccc(Cn2cc(NC(=O)c3cc([N+](=O)[O-])cc([N+](=O)[O-])c3)cn2)c1. The van der Waals surface area contributed by atoms with Gasteiger partial charge in [0.25, 0.3) is 17.3 Å². The predicted octanol–water partition coefficient (Wildman–Crippen LogP) is 3.01. The van der Waals surface area contributed by atoms with Crippen LogP contribution in [0.5, 0.6) is 5.75 Å². The van der Waals surface area contributed by atoms with E-state index in [4.69, 9.17) is 4.74 Å². The van der Waals surface area contributed by atoms with E-state index in [1.165, 1.54) is 6.20 Å². The summed E-state index contributed by atoms with van der Waals surface area (Å²) in [5.74, 6) is -0.0202. The number of non-ortho nitro benzene ring substituents is 2. The molecule has 0 spiro atoms. The zero-order valence-electron chi connectivity index (χ0n) is 15.1. The van der Waals surface area contributed by atoms with Gasteiger partial charge >= 0.3 is 0 Å². The number of nitro groups is 2. The highest BCUT2D eigenvalue weighted by Crippen LogP contribution is 2.23. The van der Waals surface area contributed by atoms with E-state index < -0.39 is 27.1 Å². The van der Waals surface area contributed by atoms with Crippen molar-refractivity contribution in [3.63, 3.8) is 0 Å². The fraction of sp³-hybridized carbons (Fsp3) is 0.111. The van der Waals surface area contributed by atoms with Gasteiger partial charge in [-0.15, -0.1) is 0 Å². The van der Waals surface area contributed by atoms with Crippen LogP contribution in [0.15, 0.2) is 54.9 Å². The van der Waals surface area contributed by atoms with Gasteiger partial charge in [0.15, 0.2) is 0 Å². The second kappa shape index (κ2) is 8.17. The summed E-state index contributed by atoms with van der Waals surface area (Å²) in [4.78, 5) is 32.7. The number of carbonyl (C=O) groups excluding carboxylic acids is 1. The Balaban J connectivity index is 1.76. The Bertz CT molecular complexity index is 1060. The predicted molar refractivity (Wildman–Crippen MR) is 102 cm³/mol. The van der Waals surface area contributed by atoms with Gasteiger partial charge in [0, 0.05) is 18.3 Å². The van der Waals surface area contributed by atoms with Crippen molar-refractivity contribution in [2.75, 3.05) is 12.4 Å². The number of hydrogen-bond acceptors (Lipinski definition) is 7. The molecule has 0 saturated heterocycles. The van der Waals surface area contributed by atoms with Crippen LogP contribution in [-0.4, -0.2) is 32.6 Å². The molecule has 11 nitrogen and oxygen atoms in total. The van der Waals surface area contributed by atoms with Crippen LogP contribution < -0.4 is 10.1 Å². The number of aromatic nitrogens is 2. The van der Waals surface area contributed by atoms with E-state index >= 15 is 0 Å². The fourth-order valence-electron chi connectivity index (χ4n) is 2.61. The third-order valence-electron chi connectivity index (χ3n) is 3.96. The number of nitro benzene ring substituents is 2. The van der Waals surface area contributed by atoms with Crippen LogP contribution in [0.4, 0.5) is 17.1 Å². The molecule has 1 N–H and O–H groups in total. The van der Waals surface area contributed by atoms with Crippen molar-refractivity contribution in [1.82, 2.24) is 9.78 Å².